The van der Waals surface area contributed by atoms with Crippen molar-refractivity contribution in [2.24, 2.45) is 0 Å². The van der Waals surface area contributed by atoms with Crippen LogP contribution in [0.1, 0.15) is 0 Å². The number of para-hydroxylation sites is 4. The molecule has 228 valence electrons. The second-order valence-electron chi connectivity index (χ2n) is 13.0. The molecule has 0 aliphatic carbocycles. The third-order valence-electron chi connectivity index (χ3n) is 10.3. The number of benzene rings is 8. The van der Waals surface area contributed by atoms with E-state index in [2.05, 4.69) is 178 Å². The predicted molar refractivity (Wildman–Crippen MR) is 211 cm³/mol. The maximum absolute atomic E-state index is 2.45. The SMILES string of the molecule is c1ccc(-n2c3ccccc3c3cc(-c4cc5cc6sccc6cc5c5cc6c(cc45)c4ccccc4n6-c4ccccc4)ccc32)cc1. The van der Waals surface area contributed by atoms with Gasteiger partial charge in [0.05, 0.1) is 22.1 Å². The minimum atomic E-state index is 1.17. The van der Waals surface area contributed by atoms with Crippen molar-refractivity contribution in [1.29, 1.82) is 0 Å². The minimum absolute atomic E-state index is 1.17. The summed E-state index contributed by atoms with van der Waals surface area (Å²) in [6.07, 6.45) is 0. The molecule has 0 spiro atoms. The third-order valence-corrected chi connectivity index (χ3v) is 11.2. The molecule has 0 unspecified atom stereocenters. The van der Waals surface area contributed by atoms with E-state index in [1.54, 1.807) is 0 Å². The van der Waals surface area contributed by atoms with Gasteiger partial charge in [0.1, 0.15) is 0 Å². The van der Waals surface area contributed by atoms with E-state index in [-0.39, 0.29) is 0 Å². The maximum atomic E-state index is 2.45. The number of hydrogen-bond donors (Lipinski definition) is 0. The zero-order valence-electron chi connectivity index (χ0n) is 26.5. The second-order valence-corrected chi connectivity index (χ2v) is 13.9. The first-order valence-electron chi connectivity index (χ1n) is 16.8. The van der Waals surface area contributed by atoms with Gasteiger partial charge in [0.25, 0.3) is 0 Å². The van der Waals surface area contributed by atoms with Crippen LogP contribution in [0.4, 0.5) is 0 Å². The number of nitrogens with zero attached hydrogens (tertiary/aromatic N) is 2. The largest absolute Gasteiger partial charge is 0.309 e. The molecule has 0 fully saturated rings. The van der Waals surface area contributed by atoms with E-state index >= 15 is 0 Å². The molecule has 0 bridgehead atoms. The van der Waals surface area contributed by atoms with Crippen LogP contribution in [0, 0.1) is 0 Å². The van der Waals surface area contributed by atoms with Gasteiger partial charge >= 0.3 is 0 Å². The summed E-state index contributed by atoms with van der Waals surface area (Å²) in [6, 6.07) is 60.5. The van der Waals surface area contributed by atoms with Crippen LogP contribution in [-0.4, -0.2) is 9.13 Å². The highest BCUT2D eigenvalue weighted by atomic mass is 32.1. The molecule has 0 atom stereocenters. The van der Waals surface area contributed by atoms with Crippen LogP contribution in [0.3, 0.4) is 0 Å². The highest BCUT2D eigenvalue weighted by Gasteiger charge is 2.19. The first kappa shape index (κ1) is 26.9. The van der Waals surface area contributed by atoms with E-state index in [0.717, 1.165) is 0 Å². The van der Waals surface area contributed by atoms with Gasteiger partial charge in [-0.3, -0.25) is 0 Å². The van der Waals surface area contributed by atoms with Gasteiger partial charge in [-0.05, 0) is 128 Å². The van der Waals surface area contributed by atoms with Crippen molar-refractivity contribution in [1.82, 2.24) is 9.13 Å². The summed E-state index contributed by atoms with van der Waals surface area (Å²) in [7, 11) is 0. The van der Waals surface area contributed by atoms with Crippen LogP contribution in [0.2, 0.25) is 0 Å². The first-order chi connectivity index (χ1) is 24.3. The molecule has 11 rings (SSSR count). The number of hydrogen-bond acceptors (Lipinski definition) is 1. The topological polar surface area (TPSA) is 9.86 Å². The lowest BCUT2D eigenvalue weighted by molar-refractivity contribution is 1.18. The van der Waals surface area contributed by atoms with E-state index in [9.17, 15) is 0 Å². The molecular weight excluding hydrogens is 613 g/mol. The molecule has 0 radical (unpaired) electrons. The summed E-state index contributed by atoms with van der Waals surface area (Å²) < 4.78 is 6.14. The van der Waals surface area contributed by atoms with Gasteiger partial charge in [-0.2, -0.15) is 0 Å². The number of fused-ring (bicyclic) bond motifs is 10. The summed E-state index contributed by atoms with van der Waals surface area (Å²) in [4.78, 5) is 0. The summed E-state index contributed by atoms with van der Waals surface area (Å²) in [5.74, 6) is 0. The molecule has 3 heterocycles. The molecule has 8 aromatic carbocycles. The average molecular weight is 641 g/mol. The van der Waals surface area contributed by atoms with Crippen molar-refractivity contribution in [2.45, 2.75) is 0 Å². The molecule has 0 saturated carbocycles. The lowest BCUT2D eigenvalue weighted by Gasteiger charge is -2.14. The number of rotatable bonds is 3. The van der Waals surface area contributed by atoms with Crippen LogP contribution in [0.15, 0.2) is 169 Å². The van der Waals surface area contributed by atoms with Crippen LogP contribution in [-0.2, 0) is 0 Å². The van der Waals surface area contributed by atoms with E-state index in [1.165, 1.54) is 97.7 Å². The molecule has 0 saturated heterocycles. The summed E-state index contributed by atoms with van der Waals surface area (Å²) in [5, 5.41) is 13.7. The lowest BCUT2D eigenvalue weighted by Crippen LogP contribution is -1.94. The Morgan fingerprint density at radius 2 is 0.959 bits per heavy atom. The smallest absolute Gasteiger partial charge is 0.0547 e. The third kappa shape index (κ3) is 3.88. The Morgan fingerprint density at radius 1 is 0.347 bits per heavy atom. The fraction of sp³-hybridized carbons (Fsp3) is 0. The van der Waals surface area contributed by atoms with E-state index in [1.807, 2.05) is 11.3 Å². The Labute approximate surface area is 286 Å². The minimum Gasteiger partial charge on any atom is -0.309 e. The van der Waals surface area contributed by atoms with Gasteiger partial charge < -0.3 is 9.13 Å². The fourth-order valence-electron chi connectivity index (χ4n) is 8.16. The quantitative estimate of drug-likeness (QED) is 0.170. The number of aromatic nitrogens is 2. The lowest BCUT2D eigenvalue weighted by atomic mass is 9.91. The van der Waals surface area contributed by atoms with Crippen molar-refractivity contribution in [3.8, 4) is 22.5 Å². The molecule has 49 heavy (non-hydrogen) atoms. The van der Waals surface area contributed by atoms with Crippen LogP contribution >= 0.6 is 11.3 Å². The molecular formula is C46H28N2S. The molecule has 0 amide bonds. The normalized spacial score (nSPS) is 12.1. The highest BCUT2D eigenvalue weighted by Crippen LogP contribution is 2.43. The van der Waals surface area contributed by atoms with Crippen molar-refractivity contribution in [3.05, 3.63) is 169 Å². The van der Waals surface area contributed by atoms with Crippen molar-refractivity contribution in [2.75, 3.05) is 0 Å². The average Bonchev–Trinajstić information content (AvgIpc) is 3.85. The second kappa shape index (κ2) is 10.2. The molecule has 3 heteroatoms. The zero-order valence-corrected chi connectivity index (χ0v) is 27.3. The van der Waals surface area contributed by atoms with Crippen molar-refractivity contribution < 1.29 is 0 Å². The molecule has 11 aromatic rings. The molecule has 0 aliphatic rings. The summed E-state index contributed by atoms with van der Waals surface area (Å²) in [6.45, 7) is 0. The Hall–Kier alpha value is -6.16. The van der Waals surface area contributed by atoms with E-state index in [0.29, 0.717) is 0 Å². The van der Waals surface area contributed by atoms with Gasteiger partial charge in [0.2, 0.25) is 0 Å². The highest BCUT2D eigenvalue weighted by molar-refractivity contribution is 7.17. The predicted octanol–water partition coefficient (Wildman–Crippen LogP) is 13.1. The zero-order chi connectivity index (χ0) is 32.1. The van der Waals surface area contributed by atoms with Gasteiger partial charge in [-0.25, -0.2) is 0 Å². The van der Waals surface area contributed by atoms with E-state index in [4.69, 9.17) is 0 Å². The van der Waals surface area contributed by atoms with Gasteiger partial charge in [-0.1, -0.05) is 78.9 Å². The van der Waals surface area contributed by atoms with Gasteiger partial charge in [-0.15, -0.1) is 11.3 Å². The standard InChI is InChI=1S/C46H28N2S/c1-3-11-32(12-4-1)47-42-17-9-7-15-34(42)40-23-29(19-20-44(40)47)36-25-31-26-46-30(21-22-49-46)24-37(31)39-28-45-41(27-38(36)39)35-16-8-10-18-43(35)48(45)33-13-5-2-6-14-33/h1-28H. The van der Waals surface area contributed by atoms with Gasteiger partial charge in [0, 0.05) is 37.6 Å². The fourth-order valence-corrected chi connectivity index (χ4v) is 8.98. The first-order valence-corrected chi connectivity index (χ1v) is 17.6. The molecule has 0 aliphatic heterocycles. The van der Waals surface area contributed by atoms with Crippen molar-refractivity contribution >= 4 is 86.6 Å². The monoisotopic (exact) mass is 640 g/mol. The van der Waals surface area contributed by atoms with Crippen LogP contribution in [0.5, 0.6) is 0 Å². The van der Waals surface area contributed by atoms with Crippen molar-refractivity contribution in [3.63, 3.8) is 0 Å². The molecule has 2 nitrogen and oxygen atoms in total. The Balaban J connectivity index is 1.27. The number of thiophene rings is 1. The Kier molecular flexibility index (Phi) is 5.57. The summed E-state index contributed by atoms with van der Waals surface area (Å²) in [5.41, 5.74) is 9.73. The maximum Gasteiger partial charge on any atom is 0.0547 e. The van der Waals surface area contributed by atoms with Crippen LogP contribution < -0.4 is 0 Å². The Morgan fingerprint density at radius 3 is 1.67 bits per heavy atom. The van der Waals surface area contributed by atoms with E-state index < -0.39 is 0 Å². The Bertz CT molecular complexity index is 3090. The van der Waals surface area contributed by atoms with Crippen LogP contribution in [0.25, 0.3) is 97.7 Å². The summed E-state index contributed by atoms with van der Waals surface area (Å²) >= 11 is 1.81. The molecule has 0 N–H and O–H groups in total. The molecule has 3 aromatic heterocycles. The van der Waals surface area contributed by atoms with Gasteiger partial charge in [0.15, 0.2) is 0 Å².